The first-order valence-electron chi connectivity index (χ1n) is 3.35. The van der Waals surface area contributed by atoms with Crippen molar-refractivity contribution < 1.29 is 22.0 Å². The molecule has 72 valence electrons. The molecular weight excluding hydrogens is 191 g/mol. The lowest BCUT2D eigenvalue weighted by Crippen LogP contribution is -2.08. The van der Waals surface area contributed by atoms with E-state index in [2.05, 4.69) is 0 Å². The summed E-state index contributed by atoms with van der Waals surface area (Å²) in [5, 5.41) is 0. The van der Waals surface area contributed by atoms with Crippen molar-refractivity contribution in [3.05, 3.63) is 34.9 Å². The summed E-state index contributed by atoms with van der Waals surface area (Å²) in [5.41, 5.74) is -1.47. The smallest absolute Gasteiger partial charge is 0.204 e. The van der Waals surface area contributed by atoms with Gasteiger partial charge in [0.1, 0.15) is 0 Å². The minimum Gasteiger partial charge on any atom is -0.204 e. The van der Waals surface area contributed by atoms with Gasteiger partial charge in [0.05, 0.1) is 5.56 Å². The molecule has 0 unspecified atom stereocenters. The molecule has 0 aliphatic rings. The van der Waals surface area contributed by atoms with Gasteiger partial charge in [0, 0.05) is 0 Å². The molecule has 0 N–H and O–H groups in total. The van der Waals surface area contributed by atoms with Crippen molar-refractivity contribution in [2.45, 2.75) is 13.1 Å². The zero-order valence-electron chi connectivity index (χ0n) is 6.54. The van der Waals surface area contributed by atoms with Gasteiger partial charge in [-0.2, -0.15) is 13.2 Å². The summed E-state index contributed by atoms with van der Waals surface area (Å²) in [6, 6.07) is 0.683. The molecule has 0 aliphatic carbocycles. The standard InChI is InChI=1S/C8H5F5/c1-4-2-6(9)7(10)3-5(4)8(11,12)13/h2-3H,1H3. The van der Waals surface area contributed by atoms with Crippen LogP contribution in [0.15, 0.2) is 12.1 Å². The second-order valence-corrected chi connectivity index (χ2v) is 2.58. The van der Waals surface area contributed by atoms with Crippen LogP contribution in [0.2, 0.25) is 0 Å². The molecule has 0 aliphatic heterocycles. The number of hydrogen-bond acceptors (Lipinski definition) is 0. The lowest BCUT2D eigenvalue weighted by atomic mass is 10.1. The minimum atomic E-state index is -4.64. The lowest BCUT2D eigenvalue weighted by Gasteiger charge is -2.09. The summed E-state index contributed by atoms with van der Waals surface area (Å²) >= 11 is 0. The van der Waals surface area contributed by atoms with E-state index in [-0.39, 0.29) is 11.6 Å². The van der Waals surface area contributed by atoms with E-state index in [1.807, 2.05) is 0 Å². The SMILES string of the molecule is Cc1cc(F)c(F)cc1C(F)(F)F. The van der Waals surface area contributed by atoms with E-state index in [0.29, 0.717) is 6.07 Å². The monoisotopic (exact) mass is 196 g/mol. The second-order valence-electron chi connectivity index (χ2n) is 2.58. The average Bonchev–Trinajstić information content (AvgIpc) is 1.94. The van der Waals surface area contributed by atoms with Crippen LogP contribution in [0.5, 0.6) is 0 Å². The molecule has 5 heteroatoms. The Morgan fingerprint density at radius 2 is 1.46 bits per heavy atom. The van der Waals surface area contributed by atoms with Crippen molar-refractivity contribution >= 4 is 0 Å². The molecule has 1 aromatic rings. The first kappa shape index (κ1) is 9.95. The van der Waals surface area contributed by atoms with E-state index in [4.69, 9.17) is 0 Å². The highest BCUT2D eigenvalue weighted by Crippen LogP contribution is 2.32. The molecule has 0 atom stereocenters. The van der Waals surface area contributed by atoms with Crippen LogP contribution in [0, 0.1) is 18.6 Å². The highest BCUT2D eigenvalue weighted by atomic mass is 19.4. The third kappa shape index (κ3) is 1.96. The molecule has 0 heterocycles. The molecule has 0 radical (unpaired) electrons. The maximum absolute atomic E-state index is 12.4. The van der Waals surface area contributed by atoms with Crippen molar-refractivity contribution in [1.82, 2.24) is 0 Å². The van der Waals surface area contributed by atoms with Crippen LogP contribution >= 0.6 is 0 Å². The second kappa shape index (κ2) is 2.97. The molecule has 0 saturated carbocycles. The summed E-state index contributed by atoms with van der Waals surface area (Å²) in [5.74, 6) is -2.76. The molecule has 0 saturated heterocycles. The van der Waals surface area contributed by atoms with Crippen molar-refractivity contribution in [1.29, 1.82) is 0 Å². The van der Waals surface area contributed by atoms with Gasteiger partial charge in [-0.25, -0.2) is 8.78 Å². The van der Waals surface area contributed by atoms with Gasteiger partial charge in [-0.3, -0.25) is 0 Å². The minimum absolute atomic E-state index is 0.157. The third-order valence-electron chi connectivity index (χ3n) is 1.57. The third-order valence-corrected chi connectivity index (χ3v) is 1.57. The molecule has 1 rings (SSSR count). The predicted molar refractivity (Wildman–Crippen MR) is 36.1 cm³/mol. The van der Waals surface area contributed by atoms with E-state index < -0.39 is 23.4 Å². The van der Waals surface area contributed by atoms with Gasteiger partial charge in [-0.1, -0.05) is 0 Å². The van der Waals surface area contributed by atoms with Crippen LogP contribution < -0.4 is 0 Å². The molecule has 0 aromatic heterocycles. The number of aryl methyl sites for hydroxylation is 1. The van der Waals surface area contributed by atoms with Gasteiger partial charge in [0.15, 0.2) is 11.6 Å². The molecule has 0 spiro atoms. The normalized spacial score (nSPS) is 11.8. The summed E-state index contributed by atoms with van der Waals surface area (Å²) in [4.78, 5) is 0. The average molecular weight is 196 g/mol. The Kier molecular flexibility index (Phi) is 2.28. The molecule has 13 heavy (non-hydrogen) atoms. The van der Waals surface area contributed by atoms with Crippen molar-refractivity contribution in [2.24, 2.45) is 0 Å². The van der Waals surface area contributed by atoms with Crippen molar-refractivity contribution in [2.75, 3.05) is 0 Å². The van der Waals surface area contributed by atoms with Crippen molar-refractivity contribution in [3.8, 4) is 0 Å². The first-order valence-corrected chi connectivity index (χ1v) is 3.35. The van der Waals surface area contributed by atoms with E-state index in [0.717, 1.165) is 6.92 Å². The summed E-state index contributed by atoms with van der Waals surface area (Å²) in [6.07, 6.45) is -4.64. The Bertz CT molecular complexity index is 326. The fourth-order valence-corrected chi connectivity index (χ4v) is 0.952. The van der Waals surface area contributed by atoms with Gasteiger partial charge in [-0.15, -0.1) is 0 Å². The van der Waals surface area contributed by atoms with Crippen molar-refractivity contribution in [3.63, 3.8) is 0 Å². The highest BCUT2D eigenvalue weighted by molar-refractivity contribution is 5.29. The predicted octanol–water partition coefficient (Wildman–Crippen LogP) is 3.29. The zero-order valence-corrected chi connectivity index (χ0v) is 6.54. The largest absolute Gasteiger partial charge is 0.416 e. The Morgan fingerprint density at radius 3 is 1.92 bits per heavy atom. The van der Waals surface area contributed by atoms with Crippen LogP contribution in [-0.2, 0) is 6.18 Å². The van der Waals surface area contributed by atoms with Gasteiger partial charge < -0.3 is 0 Å². The maximum atomic E-state index is 12.4. The van der Waals surface area contributed by atoms with E-state index in [1.165, 1.54) is 0 Å². The number of benzene rings is 1. The van der Waals surface area contributed by atoms with Crippen LogP contribution in [0.1, 0.15) is 11.1 Å². The quantitative estimate of drug-likeness (QED) is 0.558. The Balaban J connectivity index is 3.32. The molecule has 0 fully saturated rings. The number of alkyl halides is 3. The van der Waals surface area contributed by atoms with E-state index in [9.17, 15) is 22.0 Å². The summed E-state index contributed by atoms with van der Waals surface area (Å²) in [7, 11) is 0. The number of rotatable bonds is 0. The Morgan fingerprint density at radius 1 is 1.00 bits per heavy atom. The van der Waals surface area contributed by atoms with Crippen LogP contribution in [-0.4, -0.2) is 0 Å². The molecular formula is C8H5F5. The lowest BCUT2D eigenvalue weighted by molar-refractivity contribution is -0.138. The van der Waals surface area contributed by atoms with E-state index in [1.54, 1.807) is 0 Å². The number of halogens is 5. The Labute approximate surface area is 71.0 Å². The fraction of sp³-hybridized carbons (Fsp3) is 0.250. The molecule has 0 amide bonds. The van der Waals surface area contributed by atoms with Crippen LogP contribution in [0.3, 0.4) is 0 Å². The molecule has 1 aromatic carbocycles. The van der Waals surface area contributed by atoms with Gasteiger partial charge in [0.2, 0.25) is 0 Å². The van der Waals surface area contributed by atoms with E-state index >= 15 is 0 Å². The summed E-state index contributed by atoms with van der Waals surface area (Å²) < 4.78 is 61.0. The number of hydrogen-bond donors (Lipinski definition) is 0. The van der Waals surface area contributed by atoms with Crippen LogP contribution in [0.4, 0.5) is 22.0 Å². The summed E-state index contributed by atoms with van der Waals surface area (Å²) in [6.45, 7) is 1.07. The Hall–Kier alpha value is -1.13. The fourth-order valence-electron chi connectivity index (χ4n) is 0.952. The molecule has 0 bridgehead atoms. The van der Waals surface area contributed by atoms with Crippen LogP contribution in [0.25, 0.3) is 0 Å². The first-order chi connectivity index (χ1) is 5.82. The van der Waals surface area contributed by atoms with Gasteiger partial charge >= 0.3 is 6.18 Å². The topological polar surface area (TPSA) is 0 Å². The van der Waals surface area contributed by atoms with Gasteiger partial charge in [-0.05, 0) is 24.6 Å². The zero-order chi connectivity index (χ0) is 10.2. The van der Waals surface area contributed by atoms with Gasteiger partial charge in [0.25, 0.3) is 0 Å². The maximum Gasteiger partial charge on any atom is 0.416 e. The molecule has 0 nitrogen and oxygen atoms in total. The highest BCUT2D eigenvalue weighted by Gasteiger charge is 2.33.